The summed E-state index contributed by atoms with van der Waals surface area (Å²) in [7, 11) is 0. The van der Waals surface area contributed by atoms with Crippen molar-refractivity contribution < 1.29 is 22.7 Å². The van der Waals surface area contributed by atoms with Crippen LogP contribution in [0.3, 0.4) is 0 Å². The zero-order valence-corrected chi connectivity index (χ0v) is 20.8. The van der Waals surface area contributed by atoms with E-state index in [2.05, 4.69) is 24.6 Å². The van der Waals surface area contributed by atoms with E-state index in [9.17, 15) is 18.0 Å². The molecule has 1 amide bonds. The Morgan fingerprint density at radius 2 is 1.94 bits per heavy atom. The van der Waals surface area contributed by atoms with Crippen LogP contribution < -0.4 is 10.1 Å². The minimum atomic E-state index is -4.34. The van der Waals surface area contributed by atoms with Crippen LogP contribution in [-0.2, 0) is 24.1 Å². The van der Waals surface area contributed by atoms with Crippen LogP contribution in [0.1, 0.15) is 53.5 Å². The number of hydrogen-bond donors (Lipinski definition) is 1. The van der Waals surface area contributed by atoms with Crippen LogP contribution in [0.2, 0.25) is 0 Å². The fourth-order valence-corrected chi connectivity index (χ4v) is 6.19. The second-order valence-electron chi connectivity index (χ2n) is 9.08. The fraction of sp³-hybridized carbons (Fsp3) is 0.727. The third-order valence-corrected chi connectivity index (χ3v) is 8.26. The molecule has 7 nitrogen and oxygen atoms in total. The van der Waals surface area contributed by atoms with Gasteiger partial charge in [-0.15, -0.1) is 0 Å². The number of rotatable bonds is 8. The van der Waals surface area contributed by atoms with Crippen LogP contribution in [0.4, 0.5) is 13.2 Å². The average Bonchev–Trinajstić information content (AvgIpc) is 3.32. The maximum absolute atomic E-state index is 12.4. The number of nitrogens with zero attached hydrogens (tertiary/aromatic N) is 4. The lowest BCUT2D eigenvalue weighted by Gasteiger charge is -2.30. The van der Waals surface area contributed by atoms with Gasteiger partial charge >= 0.3 is 6.18 Å². The van der Waals surface area contributed by atoms with Gasteiger partial charge in [0, 0.05) is 30.4 Å². The molecule has 3 heterocycles. The summed E-state index contributed by atoms with van der Waals surface area (Å²) < 4.78 is 46.0. The van der Waals surface area contributed by atoms with E-state index in [1.807, 2.05) is 6.92 Å². The first-order valence-electron chi connectivity index (χ1n) is 11.7. The number of carbonyl (C=O) groups is 1. The van der Waals surface area contributed by atoms with Crippen molar-refractivity contribution in [1.82, 2.24) is 24.6 Å². The minimum absolute atomic E-state index is 0.0252. The number of thiazole rings is 1. The molecule has 0 radical (unpaired) electrons. The molecule has 2 aromatic heterocycles. The molecule has 0 atom stereocenters. The molecule has 1 saturated carbocycles. The molecule has 1 aliphatic carbocycles. The third-order valence-electron chi connectivity index (χ3n) is 6.38. The summed E-state index contributed by atoms with van der Waals surface area (Å²) in [6.07, 6.45) is 2.88. The summed E-state index contributed by atoms with van der Waals surface area (Å²) in [5, 5.41) is 4.03. The highest BCUT2D eigenvalue weighted by molar-refractivity contribution is 7.13. The van der Waals surface area contributed by atoms with Crippen molar-refractivity contribution >= 4 is 28.8 Å². The number of alkyl halides is 3. The Morgan fingerprint density at radius 3 is 2.65 bits per heavy atom. The van der Waals surface area contributed by atoms with Gasteiger partial charge in [-0.3, -0.25) is 4.79 Å². The molecule has 0 saturated heterocycles. The van der Waals surface area contributed by atoms with E-state index in [-0.39, 0.29) is 17.1 Å². The zero-order valence-electron chi connectivity index (χ0n) is 19.2. The number of carbonyl (C=O) groups excluding carboxylic acids is 1. The van der Waals surface area contributed by atoms with Gasteiger partial charge in [-0.2, -0.15) is 17.5 Å². The number of fused-ring (bicyclic) bond motifs is 1. The van der Waals surface area contributed by atoms with Crippen molar-refractivity contribution in [2.75, 3.05) is 26.2 Å². The number of nitrogens with one attached hydrogen (secondary N) is 1. The maximum atomic E-state index is 12.4. The maximum Gasteiger partial charge on any atom is 0.422 e. The molecule has 2 aromatic rings. The lowest BCUT2D eigenvalue weighted by Crippen LogP contribution is -2.39. The van der Waals surface area contributed by atoms with E-state index < -0.39 is 12.8 Å². The van der Waals surface area contributed by atoms with Gasteiger partial charge in [-0.1, -0.05) is 11.3 Å². The second-order valence-corrected chi connectivity index (χ2v) is 11.0. The van der Waals surface area contributed by atoms with Crippen LogP contribution in [0.25, 0.3) is 0 Å². The normalized spacial score (nSPS) is 21.6. The minimum Gasteiger partial charge on any atom is -0.460 e. The molecule has 1 aliphatic heterocycles. The van der Waals surface area contributed by atoms with E-state index >= 15 is 0 Å². The van der Waals surface area contributed by atoms with Crippen LogP contribution in [-0.4, -0.2) is 63.6 Å². The number of ether oxygens (including phenoxy) is 1. The number of hydrogen-bond acceptors (Lipinski definition) is 8. The first kappa shape index (κ1) is 25.3. The summed E-state index contributed by atoms with van der Waals surface area (Å²) in [5.41, 5.74) is 0.879. The van der Waals surface area contributed by atoms with Gasteiger partial charge in [0.1, 0.15) is 10.8 Å². The summed E-state index contributed by atoms with van der Waals surface area (Å²) in [5.74, 6) is 1.40. The van der Waals surface area contributed by atoms with Crippen LogP contribution in [0.15, 0.2) is 0 Å². The van der Waals surface area contributed by atoms with Crippen molar-refractivity contribution in [1.29, 1.82) is 0 Å². The van der Waals surface area contributed by atoms with E-state index in [0.717, 1.165) is 80.2 Å². The Bertz CT molecular complexity index is 931. The Hall–Kier alpha value is -1.79. The standard InChI is InChI=1S/C22H30F3N5O2S2/c1-14-26-20(34-29-14)12-19(31)27-16-4-2-15(3-5-16)6-9-30-10-7-17-18(8-11-30)33-21(28-17)32-13-22(23,24)25/h15-16H,2-13H2,1H3,(H,27,31)/t15-,16-. The first-order valence-corrected chi connectivity index (χ1v) is 13.3. The predicted molar refractivity (Wildman–Crippen MR) is 124 cm³/mol. The van der Waals surface area contributed by atoms with E-state index in [1.54, 1.807) is 0 Å². The molecule has 2 aliphatic rings. The smallest absolute Gasteiger partial charge is 0.422 e. The van der Waals surface area contributed by atoms with Crippen LogP contribution in [0.5, 0.6) is 5.19 Å². The average molecular weight is 518 g/mol. The number of halogens is 3. The van der Waals surface area contributed by atoms with Gasteiger partial charge in [0.15, 0.2) is 6.61 Å². The summed E-state index contributed by atoms with van der Waals surface area (Å²) in [4.78, 5) is 24.3. The van der Waals surface area contributed by atoms with Gasteiger partial charge < -0.3 is 15.0 Å². The number of aryl methyl sites for hydroxylation is 1. The van der Waals surface area contributed by atoms with Crippen LogP contribution in [0, 0.1) is 12.8 Å². The molecule has 188 valence electrons. The van der Waals surface area contributed by atoms with Crippen molar-refractivity contribution in [3.05, 3.63) is 21.4 Å². The molecule has 4 rings (SSSR count). The molecule has 1 fully saturated rings. The second kappa shape index (κ2) is 11.3. The van der Waals surface area contributed by atoms with Crippen molar-refractivity contribution in [2.45, 2.75) is 70.5 Å². The van der Waals surface area contributed by atoms with Gasteiger partial charge in [0.05, 0.1) is 12.1 Å². The SMILES string of the molecule is Cc1nsc(CC(=O)N[C@H]2CC[C@H](CCN3CCc4nc(OCC(F)(F)F)sc4CC3)CC2)n1. The molecule has 1 N–H and O–H groups in total. The van der Waals surface area contributed by atoms with Gasteiger partial charge in [-0.25, -0.2) is 9.97 Å². The molecule has 0 unspecified atom stereocenters. The molecular formula is C22H30F3N5O2S2. The Labute approximate surface area is 205 Å². The molecule has 12 heteroatoms. The lowest BCUT2D eigenvalue weighted by atomic mass is 9.84. The highest BCUT2D eigenvalue weighted by Crippen LogP contribution is 2.31. The highest BCUT2D eigenvalue weighted by Gasteiger charge is 2.30. The van der Waals surface area contributed by atoms with E-state index in [1.165, 1.54) is 22.9 Å². The fourth-order valence-electron chi connectivity index (χ4n) is 4.60. The Morgan fingerprint density at radius 1 is 1.18 bits per heavy atom. The first-order chi connectivity index (χ1) is 16.2. The molecule has 0 bridgehead atoms. The lowest BCUT2D eigenvalue weighted by molar-refractivity contribution is -0.153. The number of amides is 1. The molecule has 34 heavy (non-hydrogen) atoms. The molecule has 0 spiro atoms. The largest absolute Gasteiger partial charge is 0.460 e. The predicted octanol–water partition coefficient (Wildman–Crippen LogP) is 3.95. The molecular weight excluding hydrogens is 487 g/mol. The van der Waals surface area contributed by atoms with E-state index in [4.69, 9.17) is 4.74 Å². The molecule has 0 aromatic carbocycles. The quantitative estimate of drug-likeness (QED) is 0.571. The van der Waals surface area contributed by atoms with E-state index in [0.29, 0.717) is 18.2 Å². The van der Waals surface area contributed by atoms with Crippen molar-refractivity contribution in [2.24, 2.45) is 5.92 Å². The third kappa shape index (κ3) is 7.61. The van der Waals surface area contributed by atoms with Crippen LogP contribution >= 0.6 is 22.9 Å². The Balaban J connectivity index is 1.13. The van der Waals surface area contributed by atoms with Crippen molar-refractivity contribution in [3.8, 4) is 5.19 Å². The van der Waals surface area contributed by atoms with Crippen molar-refractivity contribution in [3.63, 3.8) is 0 Å². The summed E-state index contributed by atoms with van der Waals surface area (Å²) in [6, 6.07) is 0.242. The van der Waals surface area contributed by atoms with Gasteiger partial charge in [0.25, 0.3) is 5.19 Å². The Kier molecular flexibility index (Phi) is 8.41. The zero-order chi connectivity index (χ0) is 24.1. The van der Waals surface area contributed by atoms with Gasteiger partial charge in [-0.05, 0) is 69.4 Å². The number of aromatic nitrogens is 3. The monoisotopic (exact) mass is 517 g/mol. The summed E-state index contributed by atoms with van der Waals surface area (Å²) >= 11 is 2.53. The topological polar surface area (TPSA) is 80.2 Å². The van der Waals surface area contributed by atoms with Gasteiger partial charge in [0.2, 0.25) is 5.91 Å². The highest BCUT2D eigenvalue weighted by atomic mass is 32.1. The summed E-state index contributed by atoms with van der Waals surface area (Å²) in [6.45, 7) is 3.32.